The molecule has 0 saturated heterocycles. The summed E-state index contributed by atoms with van der Waals surface area (Å²) in [5.41, 5.74) is 6.97. The minimum atomic E-state index is -0.0611. The predicted molar refractivity (Wildman–Crippen MR) is 64.6 cm³/mol. The first-order chi connectivity index (χ1) is 7.13. The second kappa shape index (κ2) is 3.67. The third-order valence-electron chi connectivity index (χ3n) is 2.32. The van der Waals surface area contributed by atoms with Gasteiger partial charge in [0.25, 0.3) is 0 Å². The van der Waals surface area contributed by atoms with Gasteiger partial charge in [-0.05, 0) is 17.4 Å². The lowest BCUT2D eigenvalue weighted by Crippen LogP contribution is -1.98. The molecule has 4 heteroatoms. The molecule has 0 aliphatic carbocycles. The molecule has 1 aromatic heterocycles. The van der Waals surface area contributed by atoms with Crippen LogP contribution < -0.4 is 11.0 Å². The average molecular weight is 221 g/mol. The van der Waals surface area contributed by atoms with Gasteiger partial charge >= 0.3 is 0 Å². The molecule has 1 unspecified atom stereocenters. The molecule has 0 saturated carbocycles. The van der Waals surface area contributed by atoms with E-state index in [1.54, 1.807) is 6.92 Å². The van der Waals surface area contributed by atoms with E-state index in [0.29, 0.717) is 17.7 Å². The summed E-state index contributed by atoms with van der Waals surface area (Å²) in [6.07, 6.45) is 0.401. The molecular weight excluding hydrogens is 209 g/mol. The van der Waals surface area contributed by atoms with Gasteiger partial charge in [0.15, 0.2) is 11.5 Å². The van der Waals surface area contributed by atoms with Crippen molar-refractivity contribution < 1.29 is 9.21 Å². The number of hydrogen-bond acceptors (Lipinski definition) is 3. The number of nitrogen functional groups attached to an aromatic ring is 1. The number of benzene rings is 1. The molecule has 2 rings (SSSR count). The molecule has 1 aromatic carbocycles. The van der Waals surface area contributed by atoms with Crippen molar-refractivity contribution >= 4 is 37.0 Å². The fourth-order valence-electron chi connectivity index (χ4n) is 1.50. The van der Waals surface area contributed by atoms with Gasteiger partial charge in [0, 0.05) is 11.8 Å². The van der Waals surface area contributed by atoms with Crippen molar-refractivity contribution in [3.8, 4) is 0 Å². The van der Waals surface area contributed by atoms with Crippen LogP contribution in [0, 0.1) is 0 Å². The van der Waals surface area contributed by atoms with E-state index in [4.69, 9.17) is 10.2 Å². The van der Waals surface area contributed by atoms with E-state index >= 15 is 0 Å². The highest BCUT2D eigenvalue weighted by molar-refractivity contribution is 7.27. The Bertz CT molecular complexity index is 531. The molecule has 0 radical (unpaired) electrons. The number of carbonyl (C=O) groups excluding carboxylic acids is 1. The maximum absolute atomic E-state index is 11.5. The molecule has 2 N–H and O–H groups in total. The molecule has 1 heterocycles. The largest absolute Gasteiger partial charge is 0.451 e. The highest BCUT2D eigenvalue weighted by Crippen LogP contribution is 2.28. The summed E-state index contributed by atoms with van der Waals surface area (Å²) in [6.45, 7) is 1.79. The zero-order chi connectivity index (χ0) is 11.0. The number of Topliss-reactive ketones (excluding diaryl/α,β-unsaturated/α-hetero) is 1. The van der Waals surface area contributed by atoms with Gasteiger partial charge in [-0.2, -0.15) is 0 Å². The van der Waals surface area contributed by atoms with E-state index in [1.165, 1.54) is 0 Å². The summed E-state index contributed by atoms with van der Waals surface area (Å²) in [5, 5.41) is 1.82. The van der Waals surface area contributed by atoms with Gasteiger partial charge in [-0.1, -0.05) is 13.0 Å². The minimum Gasteiger partial charge on any atom is -0.451 e. The predicted octanol–water partition coefficient (Wildman–Crippen LogP) is 2.11. The van der Waals surface area contributed by atoms with E-state index in [0.717, 1.165) is 10.7 Å². The van der Waals surface area contributed by atoms with Crippen LogP contribution >= 0.6 is 9.24 Å². The van der Waals surface area contributed by atoms with Crippen LogP contribution in [0.1, 0.15) is 23.9 Å². The van der Waals surface area contributed by atoms with E-state index in [9.17, 15) is 4.79 Å². The molecule has 1 atom stereocenters. The second-order valence-electron chi connectivity index (χ2n) is 3.38. The number of fused-ring (bicyclic) bond motifs is 1. The molecule has 78 valence electrons. The molecule has 0 aliphatic heterocycles. The van der Waals surface area contributed by atoms with Gasteiger partial charge < -0.3 is 10.2 Å². The van der Waals surface area contributed by atoms with Crippen LogP contribution in [0.2, 0.25) is 0 Å². The number of ketones is 1. The van der Waals surface area contributed by atoms with Crippen LogP contribution in [-0.2, 0) is 0 Å². The Kier molecular flexibility index (Phi) is 2.49. The number of nitrogens with two attached hydrogens (primary N) is 1. The average Bonchev–Trinajstić information content (AvgIpc) is 2.55. The maximum Gasteiger partial charge on any atom is 0.199 e. The van der Waals surface area contributed by atoms with Gasteiger partial charge in [-0.3, -0.25) is 4.79 Å². The van der Waals surface area contributed by atoms with Gasteiger partial charge in [0.1, 0.15) is 5.58 Å². The zero-order valence-corrected chi connectivity index (χ0v) is 9.57. The van der Waals surface area contributed by atoms with Crippen LogP contribution in [0.4, 0.5) is 5.69 Å². The smallest absolute Gasteiger partial charge is 0.199 e. The summed E-state index contributed by atoms with van der Waals surface area (Å²) in [4.78, 5) is 11.5. The Morgan fingerprint density at radius 3 is 2.93 bits per heavy atom. The molecular formula is C11H12NO2P. The van der Waals surface area contributed by atoms with Crippen molar-refractivity contribution in [1.29, 1.82) is 0 Å². The van der Waals surface area contributed by atoms with Crippen molar-refractivity contribution in [1.82, 2.24) is 0 Å². The topological polar surface area (TPSA) is 56.2 Å². The van der Waals surface area contributed by atoms with Crippen molar-refractivity contribution in [3.63, 3.8) is 0 Å². The molecule has 15 heavy (non-hydrogen) atoms. The van der Waals surface area contributed by atoms with E-state index < -0.39 is 0 Å². The summed E-state index contributed by atoms with van der Waals surface area (Å²) in [7, 11) is 2.59. The van der Waals surface area contributed by atoms with Crippen LogP contribution in [-0.4, -0.2) is 5.78 Å². The third-order valence-corrected chi connectivity index (χ3v) is 2.68. The lowest BCUT2D eigenvalue weighted by molar-refractivity contribution is 0.0965. The number of furan rings is 1. The van der Waals surface area contributed by atoms with Gasteiger partial charge in [-0.25, -0.2) is 0 Å². The first kappa shape index (κ1) is 10.2. The fraction of sp³-hybridized carbons (Fsp3) is 0.182. The molecule has 0 fully saturated rings. The number of anilines is 1. The number of hydrogen-bond donors (Lipinski definition) is 1. The van der Waals surface area contributed by atoms with Crippen molar-refractivity contribution in [2.75, 3.05) is 5.73 Å². The highest BCUT2D eigenvalue weighted by atomic mass is 31.0. The van der Waals surface area contributed by atoms with Crippen LogP contribution in [0.3, 0.4) is 0 Å². The third kappa shape index (κ3) is 1.64. The van der Waals surface area contributed by atoms with Crippen molar-refractivity contribution in [2.45, 2.75) is 13.3 Å². The lowest BCUT2D eigenvalue weighted by atomic mass is 10.2. The van der Waals surface area contributed by atoms with E-state index in [-0.39, 0.29) is 11.5 Å². The van der Waals surface area contributed by atoms with Crippen molar-refractivity contribution in [2.24, 2.45) is 0 Å². The quantitative estimate of drug-likeness (QED) is 0.624. The normalized spacial score (nSPS) is 10.8. The first-order valence-electron chi connectivity index (χ1n) is 4.74. The summed E-state index contributed by atoms with van der Waals surface area (Å²) >= 11 is 0. The monoisotopic (exact) mass is 221 g/mol. The summed E-state index contributed by atoms with van der Waals surface area (Å²) in [5.74, 6) is 0.220. The molecule has 0 aliphatic rings. The van der Waals surface area contributed by atoms with Crippen LogP contribution in [0.25, 0.3) is 11.0 Å². The fourth-order valence-corrected chi connectivity index (χ4v) is 1.76. The van der Waals surface area contributed by atoms with Gasteiger partial charge in [0.05, 0.1) is 5.69 Å². The Labute approximate surface area is 89.8 Å². The van der Waals surface area contributed by atoms with E-state index in [1.807, 2.05) is 18.2 Å². The Hall–Kier alpha value is -1.34. The minimum absolute atomic E-state index is 0.0611. The van der Waals surface area contributed by atoms with E-state index in [2.05, 4.69) is 9.24 Å². The zero-order valence-electron chi connectivity index (χ0n) is 8.41. The van der Waals surface area contributed by atoms with Gasteiger partial charge in [0.2, 0.25) is 0 Å². The van der Waals surface area contributed by atoms with Crippen LogP contribution in [0.5, 0.6) is 0 Å². The SMILES string of the molecule is CCC(=O)c1oc2ccc(P)cc2c1N. The van der Waals surface area contributed by atoms with Crippen molar-refractivity contribution in [3.05, 3.63) is 24.0 Å². The molecule has 0 spiro atoms. The Morgan fingerprint density at radius 1 is 1.53 bits per heavy atom. The standard InChI is InChI=1S/C11H12NO2P/c1-2-8(13)11-10(12)7-5-6(15)3-4-9(7)14-11/h3-5H,2,12,15H2,1H3. The summed E-state index contributed by atoms with van der Waals surface area (Å²) in [6, 6.07) is 5.61. The lowest BCUT2D eigenvalue weighted by Gasteiger charge is -1.93. The Balaban J connectivity index is 2.69. The number of rotatable bonds is 2. The number of carbonyl (C=O) groups is 1. The molecule has 0 amide bonds. The second-order valence-corrected chi connectivity index (χ2v) is 4.04. The highest BCUT2D eigenvalue weighted by Gasteiger charge is 2.16. The van der Waals surface area contributed by atoms with Gasteiger partial charge in [-0.15, -0.1) is 9.24 Å². The molecule has 2 aromatic rings. The first-order valence-corrected chi connectivity index (χ1v) is 5.32. The molecule has 3 nitrogen and oxygen atoms in total. The maximum atomic E-state index is 11.5. The molecule has 0 bridgehead atoms. The summed E-state index contributed by atoms with van der Waals surface area (Å²) < 4.78 is 5.42. The Morgan fingerprint density at radius 2 is 2.27 bits per heavy atom. The van der Waals surface area contributed by atoms with Crippen LogP contribution in [0.15, 0.2) is 22.6 Å².